The Morgan fingerprint density at radius 2 is 1.74 bits per heavy atom. The van der Waals surface area contributed by atoms with Crippen LogP contribution in [0.5, 0.6) is 23.0 Å². The van der Waals surface area contributed by atoms with Crippen molar-refractivity contribution in [2.24, 2.45) is 0 Å². The lowest BCUT2D eigenvalue weighted by Gasteiger charge is -2.16. The largest absolute Gasteiger partial charge is 0.490 e. The van der Waals surface area contributed by atoms with Crippen LogP contribution < -0.4 is 18.9 Å². The minimum absolute atomic E-state index is 0.0131. The number of rotatable bonds is 8. The van der Waals surface area contributed by atoms with Gasteiger partial charge in [-0.15, -0.1) is 0 Å². The standard InChI is InChI=1S/C27H19Cl3INO6S/c1-2-35-23-6-14(5-20(31)25(23)36-12-15-3-4-17(28)9-18(15)29)7-24-26(33)32(27(34)39-24)11-16-8-21-22(10-19(16)30)38-13-37-21/h3-10H,2,11-13H2,1H3/b24-7+. The van der Waals surface area contributed by atoms with Gasteiger partial charge in [0.15, 0.2) is 23.0 Å². The average molecular weight is 719 g/mol. The van der Waals surface area contributed by atoms with Gasteiger partial charge in [0, 0.05) is 26.7 Å². The van der Waals surface area contributed by atoms with Crippen LogP contribution in [0.3, 0.4) is 0 Å². The molecule has 0 saturated carbocycles. The molecule has 0 aromatic heterocycles. The first kappa shape index (κ1) is 28.2. The molecule has 202 valence electrons. The van der Waals surface area contributed by atoms with Crippen molar-refractivity contribution in [2.75, 3.05) is 13.4 Å². The van der Waals surface area contributed by atoms with Gasteiger partial charge in [0.05, 0.1) is 21.6 Å². The number of hydrogen-bond acceptors (Lipinski definition) is 7. The van der Waals surface area contributed by atoms with E-state index < -0.39 is 5.91 Å². The topological polar surface area (TPSA) is 74.3 Å². The lowest BCUT2D eigenvalue weighted by molar-refractivity contribution is -0.123. The van der Waals surface area contributed by atoms with Gasteiger partial charge in [-0.05, 0) is 88.8 Å². The Morgan fingerprint density at radius 3 is 2.49 bits per heavy atom. The first-order valence-corrected chi connectivity index (χ1v) is 14.6. The molecule has 2 aliphatic heterocycles. The highest BCUT2D eigenvalue weighted by atomic mass is 127. The van der Waals surface area contributed by atoms with Crippen molar-refractivity contribution < 1.29 is 28.5 Å². The normalized spacial score (nSPS) is 15.4. The molecule has 0 radical (unpaired) electrons. The Balaban J connectivity index is 1.36. The number of amides is 2. The number of imide groups is 1. The van der Waals surface area contributed by atoms with E-state index in [0.717, 1.165) is 25.8 Å². The molecular formula is C27H19Cl3INO6S. The SMILES string of the molecule is CCOc1cc(/C=C2/SC(=O)N(Cc3cc4c(cc3Cl)OCO4)C2=O)cc(I)c1OCc1ccc(Cl)cc1Cl. The van der Waals surface area contributed by atoms with Crippen LogP contribution in [0.15, 0.2) is 47.4 Å². The van der Waals surface area contributed by atoms with Gasteiger partial charge in [-0.25, -0.2) is 0 Å². The van der Waals surface area contributed by atoms with Gasteiger partial charge in [-0.3, -0.25) is 14.5 Å². The maximum Gasteiger partial charge on any atom is 0.293 e. The maximum atomic E-state index is 13.2. The number of hydrogen-bond donors (Lipinski definition) is 0. The fourth-order valence-electron chi connectivity index (χ4n) is 3.90. The van der Waals surface area contributed by atoms with E-state index in [1.807, 2.05) is 13.0 Å². The summed E-state index contributed by atoms with van der Waals surface area (Å²) in [6.45, 7) is 2.60. The molecule has 3 aromatic rings. The molecule has 0 aliphatic carbocycles. The Labute approximate surface area is 257 Å². The van der Waals surface area contributed by atoms with Crippen LogP contribution in [0.25, 0.3) is 6.08 Å². The predicted octanol–water partition coefficient (Wildman–Crippen LogP) is 8.19. The smallest absolute Gasteiger partial charge is 0.293 e. The molecule has 0 spiro atoms. The third-order valence-corrected chi connectivity index (χ3v) is 8.41. The van der Waals surface area contributed by atoms with E-state index >= 15 is 0 Å². The molecule has 5 rings (SSSR count). The number of thioether (sulfide) groups is 1. The van der Waals surface area contributed by atoms with E-state index in [1.165, 1.54) is 0 Å². The van der Waals surface area contributed by atoms with Crippen molar-refractivity contribution in [3.05, 3.63) is 82.7 Å². The van der Waals surface area contributed by atoms with E-state index in [0.29, 0.717) is 55.8 Å². The van der Waals surface area contributed by atoms with Gasteiger partial charge >= 0.3 is 0 Å². The van der Waals surface area contributed by atoms with Crippen LogP contribution in [-0.4, -0.2) is 29.4 Å². The molecule has 0 unspecified atom stereocenters. The fraction of sp³-hybridized carbons (Fsp3) is 0.185. The highest BCUT2D eigenvalue weighted by Crippen LogP contribution is 2.41. The molecule has 39 heavy (non-hydrogen) atoms. The summed E-state index contributed by atoms with van der Waals surface area (Å²) in [4.78, 5) is 27.4. The van der Waals surface area contributed by atoms with Crippen molar-refractivity contribution in [3.63, 3.8) is 0 Å². The third kappa shape index (κ3) is 6.22. The van der Waals surface area contributed by atoms with Gasteiger partial charge < -0.3 is 18.9 Å². The van der Waals surface area contributed by atoms with E-state index in [9.17, 15) is 9.59 Å². The van der Waals surface area contributed by atoms with Crippen LogP contribution in [0, 0.1) is 3.57 Å². The highest BCUT2D eigenvalue weighted by Gasteiger charge is 2.36. The summed E-state index contributed by atoms with van der Waals surface area (Å²) in [5, 5.41) is 1.04. The monoisotopic (exact) mass is 717 g/mol. The number of fused-ring (bicyclic) bond motifs is 1. The lowest BCUT2D eigenvalue weighted by atomic mass is 10.1. The number of ether oxygens (including phenoxy) is 4. The van der Waals surface area contributed by atoms with Crippen molar-refractivity contribution >= 4 is 86.4 Å². The van der Waals surface area contributed by atoms with E-state index in [-0.39, 0.29) is 30.1 Å². The number of halogens is 4. The Morgan fingerprint density at radius 1 is 1.00 bits per heavy atom. The molecule has 1 saturated heterocycles. The van der Waals surface area contributed by atoms with Gasteiger partial charge in [0.2, 0.25) is 6.79 Å². The second-order valence-electron chi connectivity index (χ2n) is 8.35. The molecule has 0 atom stereocenters. The van der Waals surface area contributed by atoms with Crippen molar-refractivity contribution in [1.82, 2.24) is 4.90 Å². The zero-order chi connectivity index (χ0) is 27.7. The first-order valence-electron chi connectivity index (χ1n) is 11.6. The molecule has 2 heterocycles. The summed E-state index contributed by atoms with van der Waals surface area (Å²) in [5.74, 6) is 1.69. The Hall–Kier alpha value is -2.31. The zero-order valence-electron chi connectivity index (χ0n) is 20.3. The molecule has 2 aliphatic rings. The van der Waals surface area contributed by atoms with Gasteiger partial charge in [-0.2, -0.15) is 0 Å². The van der Waals surface area contributed by atoms with Crippen LogP contribution in [-0.2, 0) is 17.9 Å². The summed E-state index contributed by atoms with van der Waals surface area (Å²) in [6.07, 6.45) is 1.66. The number of benzene rings is 3. The summed E-state index contributed by atoms with van der Waals surface area (Å²) in [5.41, 5.74) is 2.05. The summed E-state index contributed by atoms with van der Waals surface area (Å²) in [6, 6.07) is 12.1. The second-order valence-corrected chi connectivity index (χ2v) is 11.8. The molecule has 0 N–H and O–H groups in total. The Kier molecular flexibility index (Phi) is 8.72. The second kappa shape index (κ2) is 12.1. The molecule has 0 bridgehead atoms. The molecule has 12 heteroatoms. The average Bonchev–Trinajstić information content (AvgIpc) is 3.44. The first-order chi connectivity index (χ1) is 18.7. The van der Waals surface area contributed by atoms with Crippen molar-refractivity contribution in [1.29, 1.82) is 0 Å². The van der Waals surface area contributed by atoms with E-state index in [2.05, 4.69) is 22.6 Å². The summed E-state index contributed by atoms with van der Waals surface area (Å²) in [7, 11) is 0. The molecule has 7 nitrogen and oxygen atoms in total. The Bertz CT molecular complexity index is 1520. The van der Waals surface area contributed by atoms with Gasteiger partial charge in [0.25, 0.3) is 11.1 Å². The minimum atomic E-state index is -0.413. The lowest BCUT2D eigenvalue weighted by Crippen LogP contribution is -2.27. The van der Waals surface area contributed by atoms with Crippen LogP contribution in [0.2, 0.25) is 15.1 Å². The molecule has 1 fully saturated rings. The molecule has 2 amide bonds. The van der Waals surface area contributed by atoms with Crippen LogP contribution in [0.1, 0.15) is 23.6 Å². The summed E-state index contributed by atoms with van der Waals surface area (Å²) >= 11 is 21.7. The van der Waals surface area contributed by atoms with E-state index in [1.54, 1.807) is 42.5 Å². The van der Waals surface area contributed by atoms with Crippen molar-refractivity contribution in [2.45, 2.75) is 20.1 Å². The number of carbonyl (C=O) groups excluding carboxylic acids is 2. The quantitative estimate of drug-likeness (QED) is 0.172. The van der Waals surface area contributed by atoms with Gasteiger partial charge in [-0.1, -0.05) is 40.9 Å². The number of nitrogens with zero attached hydrogens (tertiary/aromatic N) is 1. The highest BCUT2D eigenvalue weighted by molar-refractivity contribution is 14.1. The minimum Gasteiger partial charge on any atom is -0.490 e. The molecular weight excluding hydrogens is 700 g/mol. The third-order valence-electron chi connectivity index (χ3n) is 5.76. The number of carbonyl (C=O) groups is 2. The predicted molar refractivity (Wildman–Crippen MR) is 160 cm³/mol. The fourth-order valence-corrected chi connectivity index (χ4v) is 6.20. The van der Waals surface area contributed by atoms with Gasteiger partial charge in [0.1, 0.15) is 6.61 Å². The van der Waals surface area contributed by atoms with Crippen molar-refractivity contribution in [3.8, 4) is 23.0 Å². The van der Waals surface area contributed by atoms with Crippen LogP contribution >= 0.6 is 69.2 Å². The zero-order valence-corrected chi connectivity index (χ0v) is 25.5. The van der Waals surface area contributed by atoms with E-state index in [4.69, 9.17) is 53.8 Å². The molecule has 3 aromatic carbocycles. The summed E-state index contributed by atoms with van der Waals surface area (Å²) < 4.78 is 23.4. The maximum absolute atomic E-state index is 13.2. The van der Waals surface area contributed by atoms with Crippen LogP contribution in [0.4, 0.5) is 4.79 Å².